The van der Waals surface area contributed by atoms with Crippen molar-refractivity contribution in [2.75, 3.05) is 13.7 Å². The summed E-state index contributed by atoms with van der Waals surface area (Å²) in [5.41, 5.74) is 1.30. The molecule has 1 saturated heterocycles. The molecule has 0 saturated carbocycles. The van der Waals surface area contributed by atoms with Crippen molar-refractivity contribution in [3.05, 3.63) is 65.7 Å². The Kier molecular flexibility index (Phi) is 8.57. The van der Waals surface area contributed by atoms with Crippen LogP contribution in [0.4, 0.5) is 0 Å². The summed E-state index contributed by atoms with van der Waals surface area (Å²) in [5, 5.41) is 23.8. The van der Waals surface area contributed by atoms with Gasteiger partial charge in [-0.25, -0.2) is 9.48 Å². The molecule has 3 heterocycles. The van der Waals surface area contributed by atoms with Gasteiger partial charge in [-0.05, 0) is 29.2 Å². The van der Waals surface area contributed by atoms with E-state index in [1.54, 1.807) is 44.9 Å². The predicted molar refractivity (Wildman–Crippen MR) is 147 cm³/mol. The van der Waals surface area contributed by atoms with Gasteiger partial charge in [0.15, 0.2) is 0 Å². The van der Waals surface area contributed by atoms with E-state index < -0.39 is 47.3 Å². The fourth-order valence-corrected chi connectivity index (χ4v) is 4.75. The molecule has 3 N–H and O–H groups in total. The highest BCUT2D eigenvalue weighted by atomic mass is 16.5. The van der Waals surface area contributed by atoms with Crippen LogP contribution < -0.4 is 10.6 Å². The van der Waals surface area contributed by atoms with Crippen LogP contribution in [-0.2, 0) is 27.9 Å². The second-order valence-corrected chi connectivity index (χ2v) is 11.1. The second kappa shape index (κ2) is 11.9. The number of rotatable bonds is 8. The first kappa shape index (κ1) is 29.5. The number of β-amino-alcohol motifs (C(OH)–C–C–N with tert-alkyl or cyclic N) is 1. The Morgan fingerprint density at radius 3 is 2.49 bits per heavy atom. The van der Waals surface area contributed by atoms with Crippen LogP contribution >= 0.6 is 0 Å². The van der Waals surface area contributed by atoms with Gasteiger partial charge in [0.2, 0.25) is 11.8 Å². The number of benzene rings is 1. The number of aliphatic hydroxyl groups excluding tert-OH is 1. The number of nitrogens with zero attached hydrogens (tertiary/aromatic N) is 5. The first-order chi connectivity index (χ1) is 19.4. The summed E-state index contributed by atoms with van der Waals surface area (Å²) >= 11 is 0. The number of carbonyl (C=O) groups is 4. The molecule has 3 aromatic rings. The normalized spacial score (nSPS) is 17.7. The molecule has 1 fully saturated rings. The number of likely N-dealkylation sites (tertiary alicyclic amines) is 1. The average molecular weight is 566 g/mol. The van der Waals surface area contributed by atoms with Crippen LogP contribution in [0.2, 0.25) is 0 Å². The van der Waals surface area contributed by atoms with Gasteiger partial charge >= 0.3 is 5.97 Å². The molecule has 4 rings (SSSR count). The largest absolute Gasteiger partial charge is 0.464 e. The summed E-state index contributed by atoms with van der Waals surface area (Å²) in [6.45, 7) is 5.58. The van der Waals surface area contributed by atoms with Crippen molar-refractivity contribution in [2.45, 2.75) is 51.9 Å². The molecule has 0 spiro atoms. The Bertz CT molecular complexity index is 1410. The zero-order valence-corrected chi connectivity index (χ0v) is 23.7. The van der Waals surface area contributed by atoms with Crippen molar-refractivity contribution in [2.24, 2.45) is 12.5 Å². The third kappa shape index (κ3) is 6.62. The predicted octanol–water partition coefficient (Wildman–Crippen LogP) is 0.815. The van der Waals surface area contributed by atoms with E-state index >= 15 is 0 Å². The fraction of sp³-hybridized carbons (Fsp3) is 0.429. The molecule has 0 radical (unpaired) electrons. The molecule has 1 aliphatic rings. The average Bonchev–Trinajstić information content (AvgIpc) is 3.69. The summed E-state index contributed by atoms with van der Waals surface area (Å²) in [6, 6.07) is 6.87. The molecular formula is C28H35N7O6. The highest BCUT2D eigenvalue weighted by Gasteiger charge is 2.44. The van der Waals surface area contributed by atoms with Crippen molar-refractivity contribution in [1.29, 1.82) is 0 Å². The van der Waals surface area contributed by atoms with Crippen LogP contribution in [0.25, 0.3) is 5.69 Å². The SMILES string of the molecule is COC(=O)c1cc(C(=O)N[C@H](C(=O)N2C[C@H](O)C[C@H]2C(=O)NCc2ccc(-n3ccnn3)cc2)C(C)(C)C)cn1C. The van der Waals surface area contributed by atoms with Gasteiger partial charge in [-0.3, -0.25) is 14.4 Å². The van der Waals surface area contributed by atoms with Gasteiger partial charge in [-0.1, -0.05) is 38.1 Å². The lowest BCUT2D eigenvalue weighted by atomic mass is 9.85. The molecule has 0 bridgehead atoms. The van der Waals surface area contributed by atoms with Crippen LogP contribution in [-0.4, -0.2) is 85.1 Å². The Morgan fingerprint density at radius 1 is 1.17 bits per heavy atom. The number of esters is 1. The number of methoxy groups -OCH3 is 1. The minimum absolute atomic E-state index is 0.0379. The second-order valence-electron chi connectivity index (χ2n) is 11.1. The van der Waals surface area contributed by atoms with E-state index in [0.717, 1.165) is 11.3 Å². The van der Waals surface area contributed by atoms with Crippen molar-refractivity contribution in [3.63, 3.8) is 0 Å². The minimum Gasteiger partial charge on any atom is -0.464 e. The Labute approximate surface area is 237 Å². The fourth-order valence-electron chi connectivity index (χ4n) is 4.75. The maximum atomic E-state index is 13.8. The lowest BCUT2D eigenvalue weighted by Crippen LogP contribution is -2.57. The van der Waals surface area contributed by atoms with Gasteiger partial charge in [-0.15, -0.1) is 5.10 Å². The summed E-state index contributed by atoms with van der Waals surface area (Å²) in [6.07, 6.45) is 3.97. The summed E-state index contributed by atoms with van der Waals surface area (Å²) in [4.78, 5) is 53.5. The maximum Gasteiger partial charge on any atom is 0.354 e. The smallest absolute Gasteiger partial charge is 0.354 e. The first-order valence-corrected chi connectivity index (χ1v) is 13.2. The van der Waals surface area contributed by atoms with Crippen molar-refractivity contribution < 1.29 is 29.0 Å². The van der Waals surface area contributed by atoms with Crippen LogP contribution in [0.1, 0.15) is 53.6 Å². The highest BCUT2D eigenvalue weighted by molar-refractivity contribution is 6.00. The van der Waals surface area contributed by atoms with Gasteiger partial charge in [0, 0.05) is 32.8 Å². The molecule has 13 nitrogen and oxygen atoms in total. The number of aromatic nitrogens is 4. The van der Waals surface area contributed by atoms with Crippen molar-refractivity contribution in [3.8, 4) is 5.69 Å². The molecule has 3 amide bonds. The molecule has 218 valence electrons. The first-order valence-electron chi connectivity index (χ1n) is 13.2. The summed E-state index contributed by atoms with van der Waals surface area (Å²) in [7, 11) is 2.85. The number of nitrogens with one attached hydrogen (secondary N) is 2. The van der Waals surface area contributed by atoms with Crippen LogP contribution in [0, 0.1) is 5.41 Å². The van der Waals surface area contributed by atoms with Crippen LogP contribution in [0.15, 0.2) is 48.9 Å². The van der Waals surface area contributed by atoms with E-state index in [1.165, 1.54) is 28.8 Å². The topological polar surface area (TPSA) is 161 Å². The lowest BCUT2D eigenvalue weighted by molar-refractivity contribution is -0.142. The van der Waals surface area contributed by atoms with E-state index in [4.69, 9.17) is 4.74 Å². The van der Waals surface area contributed by atoms with E-state index in [0.29, 0.717) is 0 Å². The standard InChI is InChI=1S/C28H35N7O6/c1-28(2,3)23(31-24(37)18-12-22(27(40)41-5)33(4)15-18)26(39)34-16-20(36)13-21(34)25(38)29-14-17-6-8-19(9-7-17)35-11-10-30-32-35/h6-12,15,20-21,23,36H,13-14,16H2,1-5H3,(H,29,38)(H,31,37)/t20-,21+,23-/m1/s1. The third-order valence-electron chi connectivity index (χ3n) is 7.00. The number of ether oxygens (including phenoxy) is 1. The molecule has 41 heavy (non-hydrogen) atoms. The monoisotopic (exact) mass is 565 g/mol. The van der Waals surface area contributed by atoms with Crippen LogP contribution in [0.5, 0.6) is 0 Å². The number of hydrogen-bond donors (Lipinski definition) is 3. The van der Waals surface area contributed by atoms with E-state index in [2.05, 4.69) is 20.9 Å². The number of aryl methyl sites for hydroxylation is 1. The molecule has 0 aliphatic carbocycles. The van der Waals surface area contributed by atoms with Gasteiger partial charge in [0.1, 0.15) is 17.8 Å². The Morgan fingerprint density at radius 2 is 1.88 bits per heavy atom. The van der Waals surface area contributed by atoms with Crippen molar-refractivity contribution >= 4 is 23.7 Å². The number of amides is 3. The third-order valence-corrected chi connectivity index (χ3v) is 7.00. The van der Waals surface area contributed by atoms with Gasteiger partial charge in [-0.2, -0.15) is 0 Å². The quantitative estimate of drug-likeness (QED) is 0.338. The number of hydrogen-bond acceptors (Lipinski definition) is 8. The molecule has 3 atom stereocenters. The number of carbonyl (C=O) groups excluding carboxylic acids is 4. The molecule has 2 aromatic heterocycles. The van der Waals surface area contributed by atoms with Gasteiger partial charge in [0.05, 0.1) is 36.9 Å². The van der Waals surface area contributed by atoms with Crippen molar-refractivity contribution in [1.82, 2.24) is 35.1 Å². The maximum absolute atomic E-state index is 13.8. The van der Waals surface area contributed by atoms with E-state index in [9.17, 15) is 24.3 Å². The molecule has 0 unspecified atom stereocenters. The summed E-state index contributed by atoms with van der Waals surface area (Å²) < 4.78 is 7.83. The minimum atomic E-state index is -1.01. The molecule has 1 aliphatic heterocycles. The Hall–Kier alpha value is -4.52. The highest BCUT2D eigenvalue weighted by Crippen LogP contribution is 2.27. The lowest BCUT2D eigenvalue weighted by Gasteiger charge is -2.35. The van der Waals surface area contributed by atoms with Crippen LogP contribution in [0.3, 0.4) is 0 Å². The number of aliphatic hydroxyl groups is 1. The van der Waals surface area contributed by atoms with Gasteiger partial charge in [0.25, 0.3) is 5.91 Å². The van der Waals surface area contributed by atoms with E-state index in [1.807, 2.05) is 24.3 Å². The molecule has 1 aromatic carbocycles. The van der Waals surface area contributed by atoms with E-state index in [-0.39, 0.29) is 30.8 Å². The summed E-state index contributed by atoms with van der Waals surface area (Å²) in [5.74, 6) is -2.04. The van der Waals surface area contributed by atoms with Gasteiger partial charge < -0.3 is 29.9 Å². The zero-order chi connectivity index (χ0) is 29.9. The molecule has 13 heteroatoms. The zero-order valence-electron chi connectivity index (χ0n) is 23.7. The Balaban J connectivity index is 1.45. The molecular weight excluding hydrogens is 530 g/mol.